The minimum Gasteiger partial charge on any atom is -0.383 e. The Kier molecular flexibility index (Phi) is 4.34. The lowest BCUT2D eigenvalue weighted by molar-refractivity contribution is -0.141. The van der Waals surface area contributed by atoms with E-state index in [1.165, 1.54) is 12.1 Å². The van der Waals surface area contributed by atoms with E-state index in [0.29, 0.717) is 30.8 Å². The van der Waals surface area contributed by atoms with Gasteiger partial charge >= 0.3 is 0 Å². The standard InChI is InChI=1S/C14H17FN2O3/c1-14(13(18)16-6-7-19-2)9-12(17-20-14)10-4-3-5-11(15)8-10/h3-5,8H,6-7,9H2,1-2H3,(H,16,18). The molecule has 1 unspecified atom stereocenters. The van der Waals surface area contributed by atoms with Gasteiger partial charge in [-0.1, -0.05) is 17.3 Å². The van der Waals surface area contributed by atoms with Crippen molar-refractivity contribution in [1.29, 1.82) is 0 Å². The molecule has 1 aliphatic rings. The maximum Gasteiger partial charge on any atom is 0.267 e. The maximum atomic E-state index is 13.2. The van der Waals surface area contributed by atoms with Crippen molar-refractivity contribution in [3.8, 4) is 0 Å². The van der Waals surface area contributed by atoms with Gasteiger partial charge in [-0.05, 0) is 19.1 Å². The molecular formula is C14H17FN2O3. The van der Waals surface area contributed by atoms with Crippen LogP contribution in [0.4, 0.5) is 4.39 Å². The monoisotopic (exact) mass is 280 g/mol. The molecule has 0 aromatic heterocycles. The molecular weight excluding hydrogens is 263 g/mol. The average molecular weight is 280 g/mol. The maximum absolute atomic E-state index is 13.2. The van der Waals surface area contributed by atoms with E-state index < -0.39 is 5.60 Å². The third kappa shape index (κ3) is 3.14. The molecule has 5 nitrogen and oxygen atoms in total. The molecule has 108 valence electrons. The van der Waals surface area contributed by atoms with E-state index in [9.17, 15) is 9.18 Å². The van der Waals surface area contributed by atoms with Crippen LogP contribution in [0.2, 0.25) is 0 Å². The lowest BCUT2D eigenvalue weighted by Gasteiger charge is -2.20. The number of ether oxygens (including phenoxy) is 1. The van der Waals surface area contributed by atoms with Gasteiger partial charge < -0.3 is 14.9 Å². The molecule has 1 N–H and O–H groups in total. The summed E-state index contributed by atoms with van der Waals surface area (Å²) in [5.41, 5.74) is 0.127. The molecule has 1 amide bonds. The fourth-order valence-electron chi connectivity index (χ4n) is 1.94. The molecule has 20 heavy (non-hydrogen) atoms. The van der Waals surface area contributed by atoms with Crippen molar-refractivity contribution in [3.63, 3.8) is 0 Å². The number of nitrogens with one attached hydrogen (secondary N) is 1. The van der Waals surface area contributed by atoms with Crippen LogP contribution in [0.3, 0.4) is 0 Å². The topological polar surface area (TPSA) is 59.9 Å². The first-order valence-corrected chi connectivity index (χ1v) is 6.33. The number of hydrogen-bond acceptors (Lipinski definition) is 4. The van der Waals surface area contributed by atoms with Gasteiger partial charge in [0.05, 0.1) is 12.3 Å². The molecule has 0 radical (unpaired) electrons. The van der Waals surface area contributed by atoms with Crippen molar-refractivity contribution < 1.29 is 18.8 Å². The average Bonchev–Trinajstić information content (AvgIpc) is 2.83. The molecule has 0 spiro atoms. The van der Waals surface area contributed by atoms with Gasteiger partial charge in [-0.25, -0.2) is 4.39 Å². The highest BCUT2D eigenvalue weighted by Crippen LogP contribution is 2.26. The van der Waals surface area contributed by atoms with Crippen LogP contribution in [-0.4, -0.2) is 37.5 Å². The molecule has 1 heterocycles. The van der Waals surface area contributed by atoms with Gasteiger partial charge in [0.2, 0.25) is 5.60 Å². The Hall–Kier alpha value is -1.95. The van der Waals surface area contributed by atoms with Crippen LogP contribution in [0, 0.1) is 5.82 Å². The molecule has 1 aromatic carbocycles. The lowest BCUT2D eigenvalue weighted by atomic mass is 9.95. The number of nitrogens with zero attached hydrogens (tertiary/aromatic N) is 1. The summed E-state index contributed by atoms with van der Waals surface area (Å²) in [4.78, 5) is 17.3. The molecule has 1 atom stereocenters. The highest BCUT2D eigenvalue weighted by Gasteiger charge is 2.42. The highest BCUT2D eigenvalue weighted by atomic mass is 19.1. The highest BCUT2D eigenvalue weighted by molar-refractivity contribution is 6.05. The number of benzene rings is 1. The zero-order chi connectivity index (χ0) is 14.6. The number of oxime groups is 1. The number of halogens is 1. The normalized spacial score (nSPS) is 21.2. The number of rotatable bonds is 5. The number of amides is 1. The smallest absolute Gasteiger partial charge is 0.267 e. The summed E-state index contributed by atoms with van der Waals surface area (Å²) in [7, 11) is 1.56. The molecule has 1 aromatic rings. The third-order valence-corrected chi connectivity index (χ3v) is 3.09. The number of methoxy groups -OCH3 is 1. The van der Waals surface area contributed by atoms with Crippen molar-refractivity contribution in [1.82, 2.24) is 5.32 Å². The molecule has 1 aliphatic heterocycles. The first-order chi connectivity index (χ1) is 9.55. The van der Waals surface area contributed by atoms with Crippen LogP contribution in [0.25, 0.3) is 0 Å². The van der Waals surface area contributed by atoms with E-state index in [1.807, 2.05) is 0 Å². The van der Waals surface area contributed by atoms with Gasteiger partial charge in [0.15, 0.2) is 0 Å². The van der Waals surface area contributed by atoms with Crippen molar-refractivity contribution in [2.24, 2.45) is 5.16 Å². The zero-order valence-corrected chi connectivity index (χ0v) is 11.5. The molecule has 0 saturated carbocycles. The van der Waals surface area contributed by atoms with Crippen molar-refractivity contribution in [2.45, 2.75) is 18.9 Å². The number of hydrogen-bond donors (Lipinski definition) is 1. The van der Waals surface area contributed by atoms with Gasteiger partial charge in [-0.15, -0.1) is 0 Å². The van der Waals surface area contributed by atoms with E-state index in [0.717, 1.165) is 0 Å². The minimum atomic E-state index is -1.06. The molecule has 6 heteroatoms. The Labute approximate surface area is 116 Å². The fraction of sp³-hybridized carbons (Fsp3) is 0.429. The Morgan fingerprint density at radius 2 is 2.40 bits per heavy atom. The summed E-state index contributed by atoms with van der Waals surface area (Å²) < 4.78 is 18.1. The summed E-state index contributed by atoms with van der Waals surface area (Å²) in [5.74, 6) is -0.604. The van der Waals surface area contributed by atoms with Crippen molar-refractivity contribution in [2.75, 3.05) is 20.3 Å². The summed E-state index contributed by atoms with van der Waals surface area (Å²) in [6.07, 6.45) is 0.301. The second kappa shape index (κ2) is 6.00. The van der Waals surface area contributed by atoms with E-state index in [4.69, 9.17) is 9.57 Å². The van der Waals surface area contributed by atoms with E-state index in [2.05, 4.69) is 10.5 Å². The van der Waals surface area contributed by atoms with Gasteiger partial charge in [-0.2, -0.15) is 0 Å². The van der Waals surface area contributed by atoms with E-state index in [1.54, 1.807) is 26.2 Å². The number of carbonyl (C=O) groups excluding carboxylic acids is 1. The minimum absolute atomic E-state index is 0.260. The first kappa shape index (κ1) is 14.5. The van der Waals surface area contributed by atoms with Crippen molar-refractivity contribution >= 4 is 11.6 Å². The zero-order valence-electron chi connectivity index (χ0n) is 11.5. The lowest BCUT2D eigenvalue weighted by Crippen LogP contribution is -2.45. The summed E-state index contributed by atoms with van der Waals surface area (Å²) in [6.45, 7) is 2.49. The molecule has 0 aliphatic carbocycles. The number of carbonyl (C=O) groups is 1. The second-order valence-corrected chi connectivity index (χ2v) is 4.80. The Balaban J connectivity index is 2.01. The predicted octanol–water partition coefficient (Wildman–Crippen LogP) is 1.47. The van der Waals surface area contributed by atoms with Gasteiger partial charge in [-0.3, -0.25) is 4.79 Å². The molecule has 0 saturated heterocycles. The first-order valence-electron chi connectivity index (χ1n) is 6.33. The molecule has 0 bridgehead atoms. The van der Waals surface area contributed by atoms with Gasteiger partial charge in [0.1, 0.15) is 5.82 Å². The fourth-order valence-corrected chi connectivity index (χ4v) is 1.94. The third-order valence-electron chi connectivity index (χ3n) is 3.09. The van der Waals surface area contributed by atoms with E-state index >= 15 is 0 Å². The SMILES string of the molecule is COCCNC(=O)C1(C)CC(c2cccc(F)c2)=NO1. The van der Waals surface area contributed by atoms with Gasteiger partial charge in [0.25, 0.3) is 5.91 Å². The second-order valence-electron chi connectivity index (χ2n) is 4.80. The van der Waals surface area contributed by atoms with E-state index in [-0.39, 0.29) is 11.7 Å². The Bertz CT molecular complexity index is 533. The summed E-state index contributed by atoms with van der Waals surface area (Å²) in [5, 5.41) is 6.62. The Morgan fingerprint density at radius 3 is 3.10 bits per heavy atom. The predicted molar refractivity (Wildman–Crippen MR) is 71.9 cm³/mol. The molecule has 2 rings (SSSR count). The van der Waals surface area contributed by atoms with Crippen LogP contribution >= 0.6 is 0 Å². The Morgan fingerprint density at radius 1 is 1.60 bits per heavy atom. The van der Waals surface area contributed by atoms with Crippen LogP contribution in [-0.2, 0) is 14.4 Å². The van der Waals surface area contributed by atoms with Crippen LogP contribution in [0.1, 0.15) is 18.9 Å². The van der Waals surface area contributed by atoms with Crippen LogP contribution in [0.15, 0.2) is 29.4 Å². The van der Waals surface area contributed by atoms with Gasteiger partial charge in [0, 0.05) is 25.6 Å². The van der Waals surface area contributed by atoms with Crippen LogP contribution < -0.4 is 5.32 Å². The van der Waals surface area contributed by atoms with Crippen molar-refractivity contribution in [3.05, 3.63) is 35.6 Å². The largest absolute Gasteiger partial charge is 0.383 e. The molecule has 0 fully saturated rings. The summed E-state index contributed by atoms with van der Waals surface area (Å²) in [6, 6.07) is 6.06. The summed E-state index contributed by atoms with van der Waals surface area (Å²) >= 11 is 0. The van der Waals surface area contributed by atoms with Crippen LogP contribution in [0.5, 0.6) is 0 Å². The quantitative estimate of drug-likeness (QED) is 0.831.